The van der Waals surface area contributed by atoms with E-state index >= 15 is 0 Å². The van der Waals surface area contributed by atoms with Gasteiger partial charge in [-0.25, -0.2) is 4.98 Å². The van der Waals surface area contributed by atoms with Crippen molar-refractivity contribution in [3.8, 4) is 0 Å². The van der Waals surface area contributed by atoms with Crippen molar-refractivity contribution in [1.82, 2.24) is 19.8 Å². The van der Waals surface area contributed by atoms with Gasteiger partial charge in [-0.05, 0) is 24.3 Å². The maximum Gasteiger partial charge on any atom is 0.416 e. The van der Waals surface area contributed by atoms with Gasteiger partial charge in [0.1, 0.15) is 5.82 Å². The molecule has 1 amide bonds. The number of nitrogens with zero attached hydrogens (tertiary/aromatic N) is 3. The van der Waals surface area contributed by atoms with Crippen molar-refractivity contribution >= 4 is 11.6 Å². The highest BCUT2D eigenvalue weighted by Gasteiger charge is 2.30. The van der Waals surface area contributed by atoms with Gasteiger partial charge in [0.05, 0.1) is 18.2 Å². The van der Waals surface area contributed by atoms with Crippen LogP contribution in [0.15, 0.2) is 36.7 Å². The number of halogens is 3. The third-order valence-corrected chi connectivity index (χ3v) is 4.35. The standard InChI is InChI=1S/C17H20F3N5O/c1-24-8-7-22-16(24)14-10-21-6-9-25(14)11-15(26)23-13-4-2-12(3-5-13)17(18,19)20/h2-5,7-8,14,21H,6,9-11H2,1H3,(H,23,26). The first-order chi connectivity index (χ1) is 12.3. The van der Waals surface area contributed by atoms with Gasteiger partial charge < -0.3 is 15.2 Å². The van der Waals surface area contributed by atoms with Gasteiger partial charge in [-0.1, -0.05) is 0 Å². The summed E-state index contributed by atoms with van der Waals surface area (Å²) < 4.78 is 39.7. The molecule has 1 saturated heterocycles. The number of hydrogen-bond acceptors (Lipinski definition) is 4. The zero-order valence-electron chi connectivity index (χ0n) is 14.3. The van der Waals surface area contributed by atoms with E-state index in [4.69, 9.17) is 0 Å². The zero-order chi connectivity index (χ0) is 18.7. The Morgan fingerprint density at radius 1 is 1.35 bits per heavy atom. The molecule has 1 fully saturated rings. The van der Waals surface area contributed by atoms with Crippen molar-refractivity contribution in [2.24, 2.45) is 7.05 Å². The molecule has 0 radical (unpaired) electrons. The van der Waals surface area contributed by atoms with Crippen molar-refractivity contribution in [3.05, 3.63) is 48.0 Å². The normalized spacial score (nSPS) is 18.7. The zero-order valence-corrected chi connectivity index (χ0v) is 14.3. The van der Waals surface area contributed by atoms with Crippen molar-refractivity contribution < 1.29 is 18.0 Å². The monoisotopic (exact) mass is 367 g/mol. The van der Waals surface area contributed by atoms with E-state index in [0.717, 1.165) is 24.5 Å². The summed E-state index contributed by atoms with van der Waals surface area (Å²) in [6, 6.07) is 4.39. The third-order valence-electron chi connectivity index (χ3n) is 4.35. The molecule has 0 spiro atoms. The Morgan fingerprint density at radius 2 is 2.08 bits per heavy atom. The van der Waals surface area contributed by atoms with Crippen molar-refractivity contribution in [2.75, 3.05) is 31.5 Å². The van der Waals surface area contributed by atoms with Crippen LogP contribution in [0.4, 0.5) is 18.9 Å². The lowest BCUT2D eigenvalue weighted by Crippen LogP contribution is -2.49. The molecule has 1 aromatic carbocycles. The highest BCUT2D eigenvalue weighted by Crippen LogP contribution is 2.29. The summed E-state index contributed by atoms with van der Waals surface area (Å²) in [5.41, 5.74) is -0.404. The number of nitrogens with one attached hydrogen (secondary N) is 2. The van der Waals surface area contributed by atoms with Gasteiger partial charge in [-0.2, -0.15) is 13.2 Å². The van der Waals surface area contributed by atoms with Crippen LogP contribution in [0.1, 0.15) is 17.4 Å². The number of hydrogen-bond donors (Lipinski definition) is 2. The highest BCUT2D eigenvalue weighted by molar-refractivity contribution is 5.92. The van der Waals surface area contributed by atoms with Gasteiger partial charge in [0.15, 0.2) is 0 Å². The molecule has 1 atom stereocenters. The van der Waals surface area contributed by atoms with Crippen LogP contribution < -0.4 is 10.6 Å². The summed E-state index contributed by atoms with van der Waals surface area (Å²) in [7, 11) is 1.90. The first kappa shape index (κ1) is 18.4. The first-order valence-electron chi connectivity index (χ1n) is 8.23. The second-order valence-corrected chi connectivity index (χ2v) is 6.21. The van der Waals surface area contributed by atoms with E-state index in [2.05, 4.69) is 15.6 Å². The van der Waals surface area contributed by atoms with Crippen molar-refractivity contribution in [3.63, 3.8) is 0 Å². The maximum atomic E-state index is 12.6. The molecule has 6 nitrogen and oxygen atoms in total. The van der Waals surface area contributed by atoms with E-state index in [1.165, 1.54) is 12.1 Å². The lowest BCUT2D eigenvalue weighted by molar-refractivity contribution is -0.137. The predicted octanol–water partition coefficient (Wildman–Crippen LogP) is 2.02. The summed E-state index contributed by atoms with van der Waals surface area (Å²) in [6.07, 6.45) is -0.826. The van der Waals surface area contributed by atoms with Crippen LogP contribution in [-0.4, -0.2) is 46.5 Å². The maximum absolute atomic E-state index is 12.6. The molecule has 2 aromatic rings. The van der Waals surface area contributed by atoms with E-state index < -0.39 is 11.7 Å². The minimum Gasteiger partial charge on any atom is -0.337 e. The number of alkyl halides is 3. The van der Waals surface area contributed by atoms with E-state index in [9.17, 15) is 18.0 Å². The molecule has 1 unspecified atom stereocenters. The van der Waals surface area contributed by atoms with Crippen LogP contribution in [-0.2, 0) is 18.0 Å². The Morgan fingerprint density at radius 3 is 2.69 bits per heavy atom. The Bertz CT molecular complexity index is 757. The van der Waals surface area contributed by atoms with Gasteiger partial charge >= 0.3 is 6.18 Å². The first-order valence-corrected chi connectivity index (χ1v) is 8.23. The Hall–Kier alpha value is -2.39. The fourth-order valence-electron chi connectivity index (χ4n) is 3.02. The van der Waals surface area contributed by atoms with Crippen molar-refractivity contribution in [1.29, 1.82) is 0 Å². The average molecular weight is 367 g/mol. The topological polar surface area (TPSA) is 62.2 Å². The highest BCUT2D eigenvalue weighted by atomic mass is 19.4. The summed E-state index contributed by atoms with van der Waals surface area (Å²) in [5, 5.41) is 5.94. The minimum absolute atomic E-state index is 0.0397. The molecule has 2 N–H and O–H groups in total. The van der Waals surface area contributed by atoms with E-state index in [1.807, 2.05) is 22.7 Å². The fourth-order valence-corrected chi connectivity index (χ4v) is 3.02. The molecule has 9 heteroatoms. The Balaban J connectivity index is 1.64. The minimum atomic E-state index is -4.39. The third kappa shape index (κ3) is 4.23. The van der Waals surface area contributed by atoms with Gasteiger partial charge in [0.2, 0.25) is 5.91 Å². The SMILES string of the molecule is Cn1ccnc1C1CNCCN1CC(=O)Nc1ccc(C(F)(F)F)cc1. The molecule has 0 bridgehead atoms. The Labute approximate surface area is 149 Å². The van der Waals surface area contributed by atoms with E-state index in [0.29, 0.717) is 18.8 Å². The smallest absolute Gasteiger partial charge is 0.337 e. The van der Waals surface area contributed by atoms with Crippen LogP contribution in [0, 0.1) is 0 Å². The second-order valence-electron chi connectivity index (χ2n) is 6.21. The largest absolute Gasteiger partial charge is 0.416 e. The number of rotatable bonds is 4. The van der Waals surface area contributed by atoms with Crippen LogP contribution in [0.2, 0.25) is 0 Å². The van der Waals surface area contributed by atoms with Crippen LogP contribution in [0.25, 0.3) is 0 Å². The van der Waals surface area contributed by atoms with Crippen LogP contribution >= 0.6 is 0 Å². The molecule has 0 saturated carbocycles. The van der Waals surface area contributed by atoms with Crippen LogP contribution in [0.3, 0.4) is 0 Å². The number of benzene rings is 1. The molecule has 2 heterocycles. The molecule has 140 valence electrons. The van der Waals surface area contributed by atoms with Gasteiger partial charge in [-0.15, -0.1) is 0 Å². The lowest BCUT2D eigenvalue weighted by atomic mass is 10.1. The van der Waals surface area contributed by atoms with Gasteiger partial charge in [0, 0.05) is 44.8 Å². The molecular formula is C17H20F3N5O. The molecule has 0 aliphatic carbocycles. The average Bonchev–Trinajstić information content (AvgIpc) is 3.01. The predicted molar refractivity (Wildman–Crippen MR) is 90.5 cm³/mol. The number of aromatic nitrogens is 2. The van der Waals surface area contributed by atoms with Crippen LogP contribution in [0.5, 0.6) is 0 Å². The van der Waals surface area contributed by atoms with Gasteiger partial charge in [-0.3, -0.25) is 9.69 Å². The van der Waals surface area contributed by atoms with Gasteiger partial charge in [0.25, 0.3) is 0 Å². The number of aryl methyl sites for hydroxylation is 1. The van der Waals surface area contributed by atoms with E-state index in [1.54, 1.807) is 6.20 Å². The second kappa shape index (κ2) is 7.46. The summed E-state index contributed by atoms with van der Waals surface area (Å²) in [4.78, 5) is 18.7. The van der Waals surface area contributed by atoms with E-state index in [-0.39, 0.29) is 18.5 Å². The summed E-state index contributed by atoms with van der Waals surface area (Å²) in [5.74, 6) is 0.588. The molecule has 1 aromatic heterocycles. The number of carbonyl (C=O) groups is 1. The Kier molecular flexibility index (Phi) is 5.28. The number of carbonyl (C=O) groups excluding carboxylic acids is 1. The quantitative estimate of drug-likeness (QED) is 0.868. The number of anilines is 1. The summed E-state index contributed by atoms with van der Waals surface area (Å²) >= 11 is 0. The van der Waals surface area contributed by atoms with Crippen molar-refractivity contribution in [2.45, 2.75) is 12.2 Å². The fraction of sp³-hybridized carbons (Fsp3) is 0.412. The number of piperazine rings is 1. The lowest BCUT2D eigenvalue weighted by Gasteiger charge is -2.35. The molecular weight excluding hydrogens is 347 g/mol. The molecule has 1 aliphatic rings. The molecule has 1 aliphatic heterocycles. The summed E-state index contributed by atoms with van der Waals surface area (Å²) in [6.45, 7) is 2.26. The molecule has 26 heavy (non-hydrogen) atoms. The number of amides is 1. The number of imidazole rings is 1. The molecule has 3 rings (SSSR count).